The molecule has 1 unspecified atom stereocenters. The van der Waals surface area contributed by atoms with Crippen molar-refractivity contribution in [3.05, 3.63) is 54.1 Å². The molecule has 136 valence electrons. The zero-order chi connectivity index (χ0) is 18.7. The van der Waals surface area contributed by atoms with Crippen LogP contribution >= 0.6 is 0 Å². The summed E-state index contributed by atoms with van der Waals surface area (Å²) in [5.41, 5.74) is 2.73. The van der Waals surface area contributed by atoms with Crippen LogP contribution in [-0.4, -0.2) is 25.5 Å². The topological polar surface area (TPSA) is 58.6 Å². The molecule has 3 rings (SSSR count). The normalized spacial score (nSPS) is 16.8. The number of anilines is 2. The number of nitrogens with zero attached hydrogens (tertiary/aromatic N) is 1. The van der Waals surface area contributed by atoms with Crippen LogP contribution in [0, 0.1) is 5.92 Å². The molecule has 1 N–H and O–H groups in total. The minimum atomic E-state index is -0.357. The van der Waals surface area contributed by atoms with E-state index in [1.807, 2.05) is 24.3 Å². The summed E-state index contributed by atoms with van der Waals surface area (Å²) in [6.45, 7) is 4.62. The standard InChI is InChI=1S/C21H24N2O3/c1-14(2)18-6-4-5-7-19(18)23-13-15(12-20(23)24)21(25)22-16-8-10-17(26-3)11-9-16/h4-11,14-15H,12-13H2,1-3H3,(H,22,25). The molecule has 2 aromatic rings. The molecule has 5 heteroatoms. The molecule has 0 bridgehead atoms. The summed E-state index contributed by atoms with van der Waals surface area (Å²) in [6.07, 6.45) is 0.231. The lowest BCUT2D eigenvalue weighted by Gasteiger charge is -2.22. The third-order valence-corrected chi connectivity index (χ3v) is 4.70. The number of benzene rings is 2. The Labute approximate surface area is 154 Å². The molecular weight excluding hydrogens is 328 g/mol. The van der Waals surface area contributed by atoms with Crippen LogP contribution in [0.2, 0.25) is 0 Å². The number of carbonyl (C=O) groups excluding carboxylic acids is 2. The predicted octanol–water partition coefficient (Wildman–Crippen LogP) is 3.81. The molecule has 1 atom stereocenters. The van der Waals surface area contributed by atoms with Crippen LogP contribution in [0.3, 0.4) is 0 Å². The number of methoxy groups -OCH3 is 1. The van der Waals surface area contributed by atoms with Crippen LogP contribution in [0.4, 0.5) is 11.4 Å². The molecule has 2 aromatic carbocycles. The molecular formula is C21H24N2O3. The molecule has 1 saturated heterocycles. The molecule has 1 heterocycles. The molecule has 0 saturated carbocycles. The number of rotatable bonds is 5. The van der Waals surface area contributed by atoms with Crippen molar-refractivity contribution in [2.45, 2.75) is 26.2 Å². The molecule has 0 radical (unpaired) electrons. The molecule has 1 aliphatic heterocycles. The van der Waals surface area contributed by atoms with Crippen LogP contribution < -0.4 is 15.0 Å². The average Bonchev–Trinajstić information content (AvgIpc) is 3.04. The first-order chi connectivity index (χ1) is 12.5. The van der Waals surface area contributed by atoms with Crippen LogP contribution in [-0.2, 0) is 9.59 Å². The van der Waals surface area contributed by atoms with Crippen molar-refractivity contribution in [3.8, 4) is 5.75 Å². The maximum absolute atomic E-state index is 12.6. The molecule has 0 spiro atoms. The van der Waals surface area contributed by atoms with Gasteiger partial charge in [-0.1, -0.05) is 32.0 Å². The first kappa shape index (κ1) is 18.0. The second kappa shape index (κ2) is 7.60. The molecule has 5 nitrogen and oxygen atoms in total. The van der Waals surface area contributed by atoms with Gasteiger partial charge < -0.3 is 15.0 Å². The van der Waals surface area contributed by atoms with E-state index in [4.69, 9.17) is 4.74 Å². The van der Waals surface area contributed by atoms with E-state index in [0.29, 0.717) is 18.2 Å². The van der Waals surface area contributed by atoms with Crippen LogP contribution in [0.25, 0.3) is 0 Å². The number of para-hydroxylation sites is 1. The van der Waals surface area contributed by atoms with Crippen molar-refractivity contribution >= 4 is 23.2 Å². The van der Waals surface area contributed by atoms with E-state index in [-0.39, 0.29) is 24.2 Å². The first-order valence-corrected chi connectivity index (χ1v) is 8.83. The van der Waals surface area contributed by atoms with E-state index in [1.54, 1.807) is 36.3 Å². The molecule has 1 fully saturated rings. The SMILES string of the molecule is COc1ccc(NC(=O)C2CC(=O)N(c3ccccc3C(C)C)C2)cc1. The molecule has 26 heavy (non-hydrogen) atoms. The van der Waals surface area contributed by atoms with Crippen LogP contribution in [0.15, 0.2) is 48.5 Å². The number of nitrogens with one attached hydrogen (secondary N) is 1. The maximum Gasteiger partial charge on any atom is 0.229 e. The third-order valence-electron chi connectivity index (χ3n) is 4.70. The Bertz CT molecular complexity index is 799. The summed E-state index contributed by atoms with van der Waals surface area (Å²) >= 11 is 0. The van der Waals surface area contributed by atoms with Gasteiger partial charge in [-0.15, -0.1) is 0 Å². The predicted molar refractivity (Wildman–Crippen MR) is 103 cm³/mol. The quantitative estimate of drug-likeness (QED) is 0.890. The third kappa shape index (κ3) is 3.72. The van der Waals surface area contributed by atoms with E-state index in [9.17, 15) is 9.59 Å². The highest BCUT2D eigenvalue weighted by molar-refractivity contribution is 6.03. The molecule has 0 aromatic heterocycles. The van der Waals surface area contributed by atoms with Crippen molar-refractivity contribution in [2.24, 2.45) is 5.92 Å². The van der Waals surface area contributed by atoms with Crippen LogP contribution in [0.5, 0.6) is 5.75 Å². The van der Waals surface area contributed by atoms with Crippen molar-refractivity contribution in [1.29, 1.82) is 0 Å². The number of ether oxygens (including phenoxy) is 1. The lowest BCUT2D eigenvalue weighted by Crippen LogP contribution is -2.28. The average molecular weight is 352 g/mol. The van der Waals surface area contributed by atoms with Gasteiger partial charge in [-0.25, -0.2) is 0 Å². The minimum absolute atomic E-state index is 0.00650. The fraction of sp³-hybridized carbons (Fsp3) is 0.333. The fourth-order valence-electron chi connectivity index (χ4n) is 3.26. The van der Waals surface area contributed by atoms with E-state index >= 15 is 0 Å². The molecule has 0 aliphatic carbocycles. The Morgan fingerprint density at radius 2 is 1.85 bits per heavy atom. The maximum atomic E-state index is 12.6. The van der Waals surface area contributed by atoms with E-state index in [2.05, 4.69) is 19.2 Å². The summed E-state index contributed by atoms with van der Waals surface area (Å²) in [5.74, 6) is 0.549. The number of carbonyl (C=O) groups is 2. The second-order valence-electron chi connectivity index (χ2n) is 6.84. The minimum Gasteiger partial charge on any atom is -0.497 e. The smallest absolute Gasteiger partial charge is 0.229 e. The Morgan fingerprint density at radius 1 is 1.15 bits per heavy atom. The van der Waals surface area contributed by atoms with Gasteiger partial charge in [0.15, 0.2) is 0 Å². The van der Waals surface area contributed by atoms with Crippen molar-refractivity contribution in [2.75, 3.05) is 23.9 Å². The largest absolute Gasteiger partial charge is 0.497 e. The highest BCUT2D eigenvalue weighted by atomic mass is 16.5. The number of hydrogen-bond donors (Lipinski definition) is 1. The van der Waals surface area contributed by atoms with Gasteiger partial charge in [0.2, 0.25) is 11.8 Å². The van der Waals surface area contributed by atoms with Gasteiger partial charge in [0, 0.05) is 24.3 Å². The van der Waals surface area contributed by atoms with Gasteiger partial charge in [-0.05, 0) is 41.8 Å². The van der Waals surface area contributed by atoms with Gasteiger partial charge in [-0.2, -0.15) is 0 Å². The molecule has 1 aliphatic rings. The Morgan fingerprint density at radius 3 is 2.50 bits per heavy atom. The van der Waals surface area contributed by atoms with E-state index in [1.165, 1.54) is 0 Å². The summed E-state index contributed by atoms with van der Waals surface area (Å²) in [6, 6.07) is 15.1. The first-order valence-electron chi connectivity index (χ1n) is 8.83. The summed E-state index contributed by atoms with van der Waals surface area (Å²) in [4.78, 5) is 26.9. The van der Waals surface area contributed by atoms with E-state index in [0.717, 1.165) is 17.0 Å². The van der Waals surface area contributed by atoms with Crippen molar-refractivity contribution < 1.29 is 14.3 Å². The van der Waals surface area contributed by atoms with Crippen LogP contribution in [0.1, 0.15) is 31.7 Å². The lowest BCUT2D eigenvalue weighted by atomic mass is 10.0. The second-order valence-corrected chi connectivity index (χ2v) is 6.84. The van der Waals surface area contributed by atoms with Gasteiger partial charge in [-0.3, -0.25) is 9.59 Å². The summed E-state index contributed by atoms with van der Waals surface area (Å²) in [7, 11) is 1.60. The number of amides is 2. The van der Waals surface area contributed by atoms with Gasteiger partial charge in [0.1, 0.15) is 5.75 Å². The summed E-state index contributed by atoms with van der Waals surface area (Å²) in [5, 5.41) is 2.89. The fourth-order valence-corrected chi connectivity index (χ4v) is 3.26. The van der Waals surface area contributed by atoms with Gasteiger partial charge in [0.25, 0.3) is 0 Å². The summed E-state index contributed by atoms with van der Waals surface area (Å²) < 4.78 is 5.12. The monoisotopic (exact) mass is 352 g/mol. The zero-order valence-electron chi connectivity index (χ0n) is 15.4. The Balaban J connectivity index is 1.72. The Kier molecular flexibility index (Phi) is 5.26. The van der Waals surface area contributed by atoms with Crippen molar-refractivity contribution in [1.82, 2.24) is 0 Å². The Hall–Kier alpha value is -2.82. The molecule has 2 amide bonds. The van der Waals surface area contributed by atoms with Gasteiger partial charge >= 0.3 is 0 Å². The van der Waals surface area contributed by atoms with Crippen molar-refractivity contribution in [3.63, 3.8) is 0 Å². The van der Waals surface area contributed by atoms with Gasteiger partial charge in [0.05, 0.1) is 13.0 Å². The lowest BCUT2D eigenvalue weighted by molar-refractivity contribution is -0.122. The highest BCUT2D eigenvalue weighted by Gasteiger charge is 2.36. The number of hydrogen-bond acceptors (Lipinski definition) is 3. The van der Waals surface area contributed by atoms with E-state index < -0.39 is 0 Å². The zero-order valence-corrected chi connectivity index (χ0v) is 15.4. The highest BCUT2D eigenvalue weighted by Crippen LogP contribution is 2.32.